The van der Waals surface area contributed by atoms with E-state index in [2.05, 4.69) is 56.4 Å². The number of ether oxygens (including phenoxy) is 2. The molecule has 3 fully saturated rings. The van der Waals surface area contributed by atoms with Gasteiger partial charge in [-0.1, -0.05) is 18.2 Å². The minimum Gasteiger partial charge on any atom is -0.496 e. The van der Waals surface area contributed by atoms with Crippen molar-refractivity contribution in [3.63, 3.8) is 0 Å². The van der Waals surface area contributed by atoms with Gasteiger partial charge in [0.05, 0.1) is 20.3 Å². The third-order valence-corrected chi connectivity index (χ3v) is 8.04. The lowest BCUT2D eigenvalue weighted by Gasteiger charge is -2.40. The molecule has 1 amide bonds. The van der Waals surface area contributed by atoms with Gasteiger partial charge in [-0.25, -0.2) is 0 Å². The van der Waals surface area contributed by atoms with Gasteiger partial charge in [-0.05, 0) is 62.6 Å². The van der Waals surface area contributed by atoms with E-state index in [4.69, 9.17) is 9.47 Å². The van der Waals surface area contributed by atoms with E-state index in [0.717, 1.165) is 70.1 Å². The highest BCUT2D eigenvalue weighted by atomic mass is 16.5. The summed E-state index contributed by atoms with van der Waals surface area (Å²) in [5.41, 5.74) is 3.27. The maximum Gasteiger partial charge on any atom is 0.251 e. The van der Waals surface area contributed by atoms with Gasteiger partial charge in [0.15, 0.2) is 0 Å². The van der Waals surface area contributed by atoms with Crippen molar-refractivity contribution >= 4 is 11.6 Å². The standard InChI is InChI=1S/C29H40N4O3/c1-35-28-7-3-2-5-26(28)27-6-4-15-33(27)25-12-16-32(17-13-25)24-10-8-23(9-11-24)29(34)30-14-18-31-19-21-36-22-20-31/h2-3,5,7-11,25,27H,4,6,12-22H2,1H3,(H,30,34)/t27-/m0/s1. The smallest absolute Gasteiger partial charge is 0.251 e. The summed E-state index contributed by atoms with van der Waals surface area (Å²) >= 11 is 0. The highest BCUT2D eigenvalue weighted by Crippen LogP contribution is 2.40. The predicted octanol–water partition coefficient (Wildman–Crippen LogP) is 3.56. The van der Waals surface area contributed by atoms with Crippen LogP contribution in [0.4, 0.5) is 5.69 Å². The van der Waals surface area contributed by atoms with Crippen LogP contribution in [0, 0.1) is 0 Å². The zero-order chi connectivity index (χ0) is 24.7. The van der Waals surface area contributed by atoms with Gasteiger partial charge in [0.25, 0.3) is 5.91 Å². The van der Waals surface area contributed by atoms with E-state index in [0.29, 0.717) is 18.6 Å². The lowest BCUT2D eigenvalue weighted by molar-refractivity contribution is 0.0383. The molecule has 194 valence electrons. The monoisotopic (exact) mass is 492 g/mol. The van der Waals surface area contributed by atoms with Gasteiger partial charge in [-0.15, -0.1) is 0 Å². The van der Waals surface area contributed by atoms with Gasteiger partial charge in [0, 0.05) is 68.2 Å². The number of anilines is 1. The number of nitrogens with one attached hydrogen (secondary N) is 1. The largest absolute Gasteiger partial charge is 0.496 e. The fourth-order valence-corrected chi connectivity index (χ4v) is 6.04. The first-order valence-electron chi connectivity index (χ1n) is 13.5. The first-order chi connectivity index (χ1) is 17.7. The van der Waals surface area contributed by atoms with Crippen LogP contribution in [-0.4, -0.2) is 87.9 Å². The molecular formula is C29H40N4O3. The number of nitrogens with zero attached hydrogens (tertiary/aromatic N) is 3. The van der Waals surface area contributed by atoms with Crippen LogP contribution in [0.3, 0.4) is 0 Å². The van der Waals surface area contributed by atoms with Crippen LogP contribution in [0.5, 0.6) is 5.75 Å². The van der Waals surface area contributed by atoms with E-state index in [1.807, 2.05) is 12.1 Å². The molecule has 0 aromatic heterocycles. The Morgan fingerprint density at radius 1 is 0.972 bits per heavy atom. The van der Waals surface area contributed by atoms with Gasteiger partial charge < -0.3 is 19.7 Å². The second kappa shape index (κ2) is 12.1. The maximum atomic E-state index is 12.6. The topological polar surface area (TPSA) is 57.3 Å². The van der Waals surface area contributed by atoms with Crippen LogP contribution in [0.15, 0.2) is 48.5 Å². The molecule has 3 heterocycles. The molecule has 0 saturated carbocycles. The van der Waals surface area contributed by atoms with Gasteiger partial charge in [-0.3, -0.25) is 14.6 Å². The minimum atomic E-state index is 0.00457. The summed E-state index contributed by atoms with van der Waals surface area (Å²) in [6, 6.07) is 17.7. The molecule has 3 aliphatic rings. The van der Waals surface area contributed by atoms with Crippen molar-refractivity contribution in [3.8, 4) is 5.75 Å². The zero-order valence-electron chi connectivity index (χ0n) is 21.5. The summed E-state index contributed by atoms with van der Waals surface area (Å²) in [6.45, 7) is 8.26. The molecule has 3 aliphatic heterocycles. The third kappa shape index (κ3) is 5.85. The number of benzene rings is 2. The second-order valence-corrected chi connectivity index (χ2v) is 10.1. The zero-order valence-corrected chi connectivity index (χ0v) is 21.5. The Balaban J connectivity index is 1.11. The van der Waals surface area contributed by atoms with Gasteiger partial charge >= 0.3 is 0 Å². The van der Waals surface area contributed by atoms with Crippen molar-refractivity contribution in [1.82, 2.24) is 15.1 Å². The number of methoxy groups -OCH3 is 1. The highest BCUT2D eigenvalue weighted by molar-refractivity contribution is 5.94. The molecule has 2 aromatic carbocycles. The summed E-state index contributed by atoms with van der Waals surface area (Å²) in [5.74, 6) is 1.02. The number of carbonyl (C=O) groups excluding carboxylic acids is 1. The summed E-state index contributed by atoms with van der Waals surface area (Å²) in [6.07, 6.45) is 4.78. The highest BCUT2D eigenvalue weighted by Gasteiger charge is 2.35. The van der Waals surface area contributed by atoms with Crippen molar-refractivity contribution in [2.24, 2.45) is 0 Å². The number of likely N-dealkylation sites (tertiary alicyclic amines) is 1. The van der Waals surface area contributed by atoms with Gasteiger partial charge in [0.1, 0.15) is 5.75 Å². The van der Waals surface area contributed by atoms with E-state index in [1.54, 1.807) is 7.11 Å². The van der Waals surface area contributed by atoms with Crippen LogP contribution in [-0.2, 0) is 4.74 Å². The van der Waals surface area contributed by atoms with Crippen LogP contribution in [0.25, 0.3) is 0 Å². The molecule has 0 spiro atoms. The molecule has 0 radical (unpaired) electrons. The van der Waals surface area contributed by atoms with Crippen molar-refractivity contribution in [2.45, 2.75) is 37.8 Å². The average molecular weight is 493 g/mol. The number of morpholine rings is 1. The average Bonchev–Trinajstić information content (AvgIpc) is 3.43. The third-order valence-electron chi connectivity index (χ3n) is 8.04. The lowest BCUT2D eigenvalue weighted by atomic mass is 9.98. The summed E-state index contributed by atoms with van der Waals surface area (Å²) < 4.78 is 11.1. The molecular weight excluding hydrogens is 452 g/mol. The minimum absolute atomic E-state index is 0.00457. The number of carbonyl (C=O) groups is 1. The quantitative estimate of drug-likeness (QED) is 0.608. The van der Waals surface area contributed by atoms with E-state index < -0.39 is 0 Å². The van der Waals surface area contributed by atoms with Crippen molar-refractivity contribution < 1.29 is 14.3 Å². The number of rotatable bonds is 8. The fraction of sp³-hybridized carbons (Fsp3) is 0.552. The fourth-order valence-electron chi connectivity index (χ4n) is 6.04. The molecule has 0 unspecified atom stereocenters. The van der Waals surface area contributed by atoms with Crippen LogP contribution in [0.1, 0.15) is 47.6 Å². The van der Waals surface area contributed by atoms with Crippen molar-refractivity contribution in [3.05, 3.63) is 59.7 Å². The molecule has 7 nitrogen and oxygen atoms in total. The molecule has 0 aliphatic carbocycles. The number of hydrogen-bond acceptors (Lipinski definition) is 6. The van der Waals surface area contributed by atoms with E-state index >= 15 is 0 Å². The van der Waals surface area contributed by atoms with Crippen LogP contribution >= 0.6 is 0 Å². The predicted molar refractivity (Wildman–Crippen MR) is 143 cm³/mol. The Morgan fingerprint density at radius 3 is 2.47 bits per heavy atom. The van der Waals surface area contributed by atoms with E-state index in [1.165, 1.54) is 30.6 Å². The Kier molecular flexibility index (Phi) is 8.41. The van der Waals surface area contributed by atoms with Gasteiger partial charge in [-0.2, -0.15) is 0 Å². The molecule has 1 atom stereocenters. The molecule has 3 saturated heterocycles. The van der Waals surface area contributed by atoms with Gasteiger partial charge in [0.2, 0.25) is 0 Å². The van der Waals surface area contributed by atoms with E-state index in [9.17, 15) is 4.79 Å². The Hall–Kier alpha value is -2.61. The number of amides is 1. The molecule has 5 rings (SSSR count). The normalized spacial score (nSPS) is 22.0. The number of piperidine rings is 1. The van der Waals surface area contributed by atoms with Crippen molar-refractivity contribution in [2.75, 3.05) is 71.0 Å². The number of hydrogen-bond donors (Lipinski definition) is 1. The summed E-state index contributed by atoms with van der Waals surface area (Å²) in [4.78, 5) is 20.1. The molecule has 2 aromatic rings. The van der Waals surface area contributed by atoms with Crippen LogP contribution < -0.4 is 15.0 Å². The molecule has 1 N–H and O–H groups in total. The lowest BCUT2D eigenvalue weighted by Crippen LogP contribution is -2.44. The Bertz CT molecular complexity index is 984. The second-order valence-electron chi connectivity index (χ2n) is 10.1. The van der Waals surface area contributed by atoms with E-state index in [-0.39, 0.29) is 5.91 Å². The summed E-state index contributed by atoms with van der Waals surface area (Å²) in [5, 5.41) is 3.06. The maximum absolute atomic E-state index is 12.6. The molecule has 0 bridgehead atoms. The number of para-hydroxylation sites is 1. The summed E-state index contributed by atoms with van der Waals surface area (Å²) in [7, 11) is 1.77. The Morgan fingerprint density at radius 2 is 1.72 bits per heavy atom. The molecule has 7 heteroatoms. The molecule has 36 heavy (non-hydrogen) atoms. The van der Waals surface area contributed by atoms with Crippen LogP contribution in [0.2, 0.25) is 0 Å². The first kappa shape index (κ1) is 25.1. The SMILES string of the molecule is COc1ccccc1[C@@H]1CCCN1C1CCN(c2ccc(C(=O)NCCN3CCOCC3)cc2)CC1. The first-order valence-corrected chi connectivity index (χ1v) is 13.5. The Labute approximate surface area is 215 Å². The van der Waals surface area contributed by atoms with Crippen molar-refractivity contribution in [1.29, 1.82) is 0 Å².